The van der Waals surface area contributed by atoms with Crippen LogP contribution >= 0.6 is 0 Å². The molecule has 0 fully saturated rings. The molecule has 0 aliphatic heterocycles. The van der Waals surface area contributed by atoms with Crippen LogP contribution in [0.1, 0.15) is 110 Å². The second-order valence-electron chi connectivity index (χ2n) is 14.9. The summed E-state index contributed by atoms with van der Waals surface area (Å²) in [7, 11) is 1.58. The van der Waals surface area contributed by atoms with Crippen molar-refractivity contribution in [3.8, 4) is 17.2 Å². The number of methoxy groups -OCH3 is 1. The molecule has 0 spiro atoms. The molecule has 0 aromatic heterocycles. The molecular weight excluding hydrogens is 560 g/mol. The minimum atomic E-state index is -0.684. The largest absolute Gasteiger partial charge is 0.496 e. The Morgan fingerprint density at radius 3 is 1.55 bits per heavy atom. The fraction of sp³-hybridized carbons (Fsp3) is 0.528. The molecule has 8 nitrogen and oxygen atoms in total. The molecule has 44 heavy (non-hydrogen) atoms. The van der Waals surface area contributed by atoms with E-state index in [0.717, 1.165) is 11.1 Å². The number of hydrogen-bond donors (Lipinski definition) is 0. The number of rotatable bonds is 10. The molecule has 0 atom stereocenters. The standard InChI is InChI=1S/C36H50O8/c1-33(2,3)26-20-27(34(4,5)6)30(42-22-44-32(39)36(10,11)12)25(29(26)40-13)18-19-28(37)23-14-16-24(17-15-23)41-21-43-31(38)35(7,8)9/h14-20H,21-22H2,1-13H3. The van der Waals surface area contributed by atoms with E-state index in [1.54, 1.807) is 79.0 Å². The van der Waals surface area contributed by atoms with Crippen molar-refractivity contribution >= 4 is 23.8 Å². The molecule has 2 aromatic rings. The van der Waals surface area contributed by atoms with Crippen molar-refractivity contribution in [2.45, 2.75) is 93.9 Å². The normalized spacial score (nSPS) is 12.6. The highest BCUT2D eigenvalue weighted by Gasteiger charge is 2.31. The lowest BCUT2D eigenvalue weighted by molar-refractivity contribution is -0.160. The van der Waals surface area contributed by atoms with E-state index in [0.29, 0.717) is 28.4 Å². The van der Waals surface area contributed by atoms with Crippen LogP contribution in [-0.2, 0) is 29.9 Å². The Balaban J connectivity index is 2.46. The Kier molecular flexibility index (Phi) is 11.5. The number of carbonyl (C=O) groups excluding carboxylic acids is 3. The second kappa shape index (κ2) is 13.9. The Hall–Kier alpha value is -3.81. The predicted octanol–water partition coefficient (Wildman–Crippen LogP) is 8.04. The number of carbonyl (C=O) groups is 3. The highest BCUT2D eigenvalue weighted by molar-refractivity contribution is 6.07. The van der Waals surface area contributed by atoms with E-state index in [1.807, 2.05) is 0 Å². The second-order valence-corrected chi connectivity index (χ2v) is 14.9. The van der Waals surface area contributed by atoms with Crippen molar-refractivity contribution in [3.63, 3.8) is 0 Å². The lowest BCUT2D eigenvalue weighted by atomic mass is 9.78. The maximum Gasteiger partial charge on any atom is 0.314 e. The highest BCUT2D eigenvalue weighted by Crippen LogP contribution is 2.46. The van der Waals surface area contributed by atoms with E-state index in [-0.39, 0.29) is 42.1 Å². The third-order valence-electron chi connectivity index (χ3n) is 6.66. The van der Waals surface area contributed by atoms with Crippen LogP contribution in [0, 0.1) is 10.8 Å². The molecule has 2 aromatic carbocycles. The van der Waals surface area contributed by atoms with Crippen LogP contribution in [0.4, 0.5) is 0 Å². The van der Waals surface area contributed by atoms with Gasteiger partial charge in [0.15, 0.2) is 5.78 Å². The fourth-order valence-electron chi connectivity index (χ4n) is 4.01. The van der Waals surface area contributed by atoms with Gasteiger partial charge in [0.1, 0.15) is 17.2 Å². The van der Waals surface area contributed by atoms with Crippen LogP contribution in [-0.4, -0.2) is 38.4 Å². The third kappa shape index (κ3) is 9.86. The quantitative estimate of drug-likeness (QED) is 0.115. The molecule has 8 heteroatoms. The van der Waals surface area contributed by atoms with Crippen LogP contribution in [0.15, 0.2) is 36.4 Å². The molecular formula is C36H50O8. The summed E-state index contributed by atoms with van der Waals surface area (Å²) in [6.07, 6.45) is 3.15. The summed E-state index contributed by atoms with van der Waals surface area (Å²) < 4.78 is 28.2. The van der Waals surface area contributed by atoms with E-state index in [4.69, 9.17) is 23.7 Å². The SMILES string of the molecule is COc1c(C(C)(C)C)cc(C(C)(C)C)c(OCOC(=O)C(C)(C)C)c1C=CC(=O)c1ccc(OCOC(=O)C(C)(C)C)cc1. The van der Waals surface area contributed by atoms with Gasteiger partial charge in [-0.3, -0.25) is 14.4 Å². The zero-order valence-electron chi connectivity index (χ0n) is 28.7. The van der Waals surface area contributed by atoms with Gasteiger partial charge >= 0.3 is 11.9 Å². The Labute approximate surface area is 263 Å². The molecule has 0 aliphatic carbocycles. The van der Waals surface area contributed by atoms with Gasteiger partial charge in [0.2, 0.25) is 13.6 Å². The van der Waals surface area contributed by atoms with Crippen molar-refractivity contribution in [2.24, 2.45) is 10.8 Å². The summed E-state index contributed by atoms with van der Waals surface area (Å²) >= 11 is 0. The lowest BCUT2D eigenvalue weighted by Gasteiger charge is -2.31. The molecule has 2 rings (SSSR count). The number of ether oxygens (including phenoxy) is 5. The van der Waals surface area contributed by atoms with E-state index in [1.165, 1.54) is 6.08 Å². The van der Waals surface area contributed by atoms with Crippen molar-refractivity contribution in [1.82, 2.24) is 0 Å². The molecule has 0 amide bonds. The first-order valence-electron chi connectivity index (χ1n) is 14.8. The van der Waals surface area contributed by atoms with Gasteiger partial charge in [-0.05, 0) is 94.9 Å². The fourth-order valence-corrected chi connectivity index (χ4v) is 4.01. The van der Waals surface area contributed by atoms with Gasteiger partial charge in [0.05, 0.1) is 23.5 Å². The molecule has 0 heterocycles. The molecule has 0 aliphatic rings. The molecule has 0 N–H and O–H groups in total. The predicted molar refractivity (Wildman–Crippen MR) is 172 cm³/mol. The molecule has 0 saturated carbocycles. The number of benzene rings is 2. The minimum absolute atomic E-state index is 0.225. The van der Waals surface area contributed by atoms with Crippen LogP contribution in [0.2, 0.25) is 0 Å². The third-order valence-corrected chi connectivity index (χ3v) is 6.66. The van der Waals surface area contributed by atoms with Gasteiger partial charge in [-0.25, -0.2) is 0 Å². The van der Waals surface area contributed by atoms with Crippen molar-refractivity contribution in [1.29, 1.82) is 0 Å². The van der Waals surface area contributed by atoms with Crippen molar-refractivity contribution in [3.05, 3.63) is 58.7 Å². The number of allylic oxidation sites excluding steroid dienone is 1. The van der Waals surface area contributed by atoms with E-state index in [2.05, 4.69) is 47.6 Å². The lowest BCUT2D eigenvalue weighted by Crippen LogP contribution is -2.25. The first-order valence-corrected chi connectivity index (χ1v) is 14.8. The van der Waals surface area contributed by atoms with E-state index < -0.39 is 10.8 Å². The zero-order valence-corrected chi connectivity index (χ0v) is 28.7. The summed E-state index contributed by atoms with van der Waals surface area (Å²) in [6, 6.07) is 8.63. The number of esters is 2. The summed E-state index contributed by atoms with van der Waals surface area (Å²) in [5.41, 5.74) is 0.897. The minimum Gasteiger partial charge on any atom is -0.496 e. The van der Waals surface area contributed by atoms with Crippen LogP contribution in [0.5, 0.6) is 17.2 Å². The summed E-state index contributed by atoms with van der Waals surface area (Å²) in [4.78, 5) is 37.7. The highest BCUT2D eigenvalue weighted by atomic mass is 16.7. The van der Waals surface area contributed by atoms with Gasteiger partial charge in [-0.15, -0.1) is 0 Å². The van der Waals surface area contributed by atoms with Gasteiger partial charge in [0.25, 0.3) is 0 Å². The first kappa shape index (κ1) is 36.4. The van der Waals surface area contributed by atoms with E-state index in [9.17, 15) is 14.4 Å². The van der Waals surface area contributed by atoms with Gasteiger partial charge in [-0.1, -0.05) is 41.5 Å². The van der Waals surface area contributed by atoms with Gasteiger partial charge < -0.3 is 23.7 Å². The monoisotopic (exact) mass is 610 g/mol. The molecule has 0 bridgehead atoms. The molecule has 0 unspecified atom stereocenters. The Morgan fingerprint density at radius 1 is 0.659 bits per heavy atom. The molecule has 0 saturated heterocycles. The van der Waals surface area contributed by atoms with Crippen LogP contribution in [0.25, 0.3) is 6.08 Å². The molecule has 242 valence electrons. The first-order chi connectivity index (χ1) is 20.1. The maximum atomic E-state index is 13.3. The van der Waals surface area contributed by atoms with Crippen LogP contribution < -0.4 is 14.2 Å². The van der Waals surface area contributed by atoms with Crippen molar-refractivity contribution in [2.75, 3.05) is 20.7 Å². The maximum absolute atomic E-state index is 13.3. The molecule has 0 radical (unpaired) electrons. The van der Waals surface area contributed by atoms with Gasteiger partial charge in [0, 0.05) is 16.7 Å². The Bertz CT molecular complexity index is 1360. The van der Waals surface area contributed by atoms with E-state index >= 15 is 0 Å². The number of ketones is 1. The average molecular weight is 611 g/mol. The summed E-state index contributed by atoms with van der Waals surface area (Å²) in [6.45, 7) is 22.6. The smallest absolute Gasteiger partial charge is 0.314 e. The average Bonchev–Trinajstić information content (AvgIpc) is 2.89. The summed E-state index contributed by atoms with van der Waals surface area (Å²) in [5.74, 6) is 0.497. The Morgan fingerprint density at radius 2 is 1.11 bits per heavy atom. The van der Waals surface area contributed by atoms with Gasteiger partial charge in [-0.2, -0.15) is 0 Å². The topological polar surface area (TPSA) is 97.4 Å². The van der Waals surface area contributed by atoms with Crippen LogP contribution in [0.3, 0.4) is 0 Å². The van der Waals surface area contributed by atoms with Crippen molar-refractivity contribution < 1.29 is 38.1 Å². The summed E-state index contributed by atoms with van der Waals surface area (Å²) in [5, 5.41) is 0. The number of hydrogen-bond acceptors (Lipinski definition) is 8. The zero-order chi connectivity index (χ0) is 33.7.